The maximum Gasteiger partial charge on any atom is 0.230 e. The highest BCUT2D eigenvalue weighted by molar-refractivity contribution is 5.92. The van der Waals surface area contributed by atoms with E-state index in [2.05, 4.69) is 20.6 Å². The Kier molecular flexibility index (Phi) is 3.91. The molecule has 22 heavy (non-hydrogen) atoms. The average molecular weight is 293 g/mol. The van der Waals surface area contributed by atoms with Gasteiger partial charge in [0, 0.05) is 18.1 Å². The Bertz CT molecular complexity index is 768. The number of aromatic nitrogens is 4. The summed E-state index contributed by atoms with van der Waals surface area (Å²) in [4.78, 5) is 16.0. The van der Waals surface area contributed by atoms with Crippen LogP contribution >= 0.6 is 0 Å². The molecular weight excluding hydrogens is 278 g/mol. The number of carbonyl (C=O) groups excluding carboxylic acids is 1. The lowest BCUT2D eigenvalue weighted by atomic mass is 10.2. The quantitative estimate of drug-likeness (QED) is 0.800. The Labute approximate surface area is 127 Å². The van der Waals surface area contributed by atoms with Crippen LogP contribution in [0.5, 0.6) is 0 Å². The largest absolute Gasteiger partial charge is 0.326 e. The van der Waals surface area contributed by atoms with Crippen LogP contribution in [0.15, 0.2) is 54.9 Å². The molecule has 0 bridgehead atoms. The molecule has 6 heteroatoms. The number of rotatable bonds is 4. The van der Waals surface area contributed by atoms with Crippen molar-refractivity contribution in [2.24, 2.45) is 0 Å². The van der Waals surface area contributed by atoms with E-state index in [1.807, 2.05) is 37.3 Å². The second-order valence-corrected chi connectivity index (χ2v) is 4.83. The Morgan fingerprint density at radius 1 is 1.14 bits per heavy atom. The monoisotopic (exact) mass is 293 g/mol. The van der Waals surface area contributed by atoms with Crippen LogP contribution in [-0.2, 0) is 11.2 Å². The first kappa shape index (κ1) is 13.9. The van der Waals surface area contributed by atoms with Gasteiger partial charge < -0.3 is 5.32 Å². The first-order valence-corrected chi connectivity index (χ1v) is 6.90. The Balaban J connectivity index is 1.74. The number of nitrogens with zero attached hydrogens (tertiary/aromatic N) is 4. The molecule has 0 unspecified atom stereocenters. The van der Waals surface area contributed by atoms with Gasteiger partial charge in [-0.05, 0) is 31.2 Å². The van der Waals surface area contributed by atoms with Crippen molar-refractivity contribution in [3.8, 4) is 5.69 Å². The molecule has 0 radical (unpaired) electrons. The van der Waals surface area contributed by atoms with Crippen LogP contribution in [-0.4, -0.2) is 25.9 Å². The van der Waals surface area contributed by atoms with Crippen molar-refractivity contribution in [1.29, 1.82) is 0 Å². The first-order chi connectivity index (χ1) is 10.7. The van der Waals surface area contributed by atoms with E-state index in [-0.39, 0.29) is 12.3 Å². The van der Waals surface area contributed by atoms with Crippen LogP contribution in [0.1, 0.15) is 11.4 Å². The summed E-state index contributed by atoms with van der Waals surface area (Å²) in [6, 6.07) is 13.2. The van der Waals surface area contributed by atoms with Crippen LogP contribution in [0.25, 0.3) is 5.69 Å². The van der Waals surface area contributed by atoms with Crippen LogP contribution in [0.2, 0.25) is 0 Å². The molecule has 6 nitrogen and oxygen atoms in total. The van der Waals surface area contributed by atoms with E-state index in [0.717, 1.165) is 11.4 Å². The number of anilines is 1. The van der Waals surface area contributed by atoms with Gasteiger partial charge in [-0.3, -0.25) is 9.78 Å². The molecule has 0 aliphatic rings. The molecule has 2 aromatic heterocycles. The summed E-state index contributed by atoms with van der Waals surface area (Å²) >= 11 is 0. The zero-order valence-electron chi connectivity index (χ0n) is 12.1. The van der Waals surface area contributed by atoms with Gasteiger partial charge in [-0.25, -0.2) is 4.68 Å². The predicted octanol–water partition coefficient (Wildman–Crippen LogP) is 2.15. The van der Waals surface area contributed by atoms with Crippen molar-refractivity contribution >= 4 is 11.6 Å². The number of para-hydroxylation sites is 1. The van der Waals surface area contributed by atoms with E-state index in [1.165, 1.54) is 0 Å². The molecule has 1 amide bonds. The SMILES string of the molecule is Cc1c(CC(=O)Nc2ccncc2)nnn1-c1ccccc1. The third-order valence-electron chi connectivity index (χ3n) is 3.28. The Morgan fingerprint density at radius 3 is 2.59 bits per heavy atom. The van der Waals surface area contributed by atoms with Gasteiger partial charge in [0.25, 0.3) is 0 Å². The summed E-state index contributed by atoms with van der Waals surface area (Å²) in [7, 11) is 0. The second kappa shape index (κ2) is 6.17. The first-order valence-electron chi connectivity index (χ1n) is 6.90. The van der Waals surface area contributed by atoms with E-state index < -0.39 is 0 Å². The number of amides is 1. The number of carbonyl (C=O) groups is 1. The van der Waals surface area contributed by atoms with Gasteiger partial charge in [-0.15, -0.1) is 5.10 Å². The minimum absolute atomic E-state index is 0.130. The molecule has 0 atom stereocenters. The molecule has 1 aromatic carbocycles. The number of hydrogen-bond donors (Lipinski definition) is 1. The Morgan fingerprint density at radius 2 is 1.86 bits per heavy atom. The molecule has 0 aliphatic heterocycles. The molecule has 1 N–H and O–H groups in total. The van der Waals surface area contributed by atoms with Crippen LogP contribution < -0.4 is 5.32 Å². The van der Waals surface area contributed by atoms with Crippen molar-refractivity contribution in [3.63, 3.8) is 0 Å². The van der Waals surface area contributed by atoms with E-state index in [0.29, 0.717) is 11.4 Å². The second-order valence-electron chi connectivity index (χ2n) is 4.83. The normalized spacial score (nSPS) is 10.4. The van der Waals surface area contributed by atoms with Gasteiger partial charge >= 0.3 is 0 Å². The minimum Gasteiger partial charge on any atom is -0.326 e. The van der Waals surface area contributed by atoms with E-state index >= 15 is 0 Å². The molecule has 110 valence electrons. The van der Waals surface area contributed by atoms with Crippen molar-refractivity contribution in [3.05, 3.63) is 66.2 Å². The van der Waals surface area contributed by atoms with Crippen molar-refractivity contribution < 1.29 is 4.79 Å². The number of nitrogens with one attached hydrogen (secondary N) is 1. The highest BCUT2D eigenvalue weighted by atomic mass is 16.1. The lowest BCUT2D eigenvalue weighted by Crippen LogP contribution is -2.15. The van der Waals surface area contributed by atoms with E-state index in [4.69, 9.17) is 0 Å². The maximum absolute atomic E-state index is 12.1. The van der Waals surface area contributed by atoms with E-state index in [9.17, 15) is 4.79 Å². The summed E-state index contributed by atoms with van der Waals surface area (Å²) in [5.74, 6) is -0.130. The maximum atomic E-state index is 12.1. The summed E-state index contributed by atoms with van der Waals surface area (Å²) in [6.07, 6.45) is 3.44. The molecule has 0 spiro atoms. The van der Waals surface area contributed by atoms with Crippen molar-refractivity contribution in [2.75, 3.05) is 5.32 Å². The molecule has 0 saturated carbocycles. The standard InChI is InChI=1S/C16H15N5O/c1-12-15(11-16(22)18-13-7-9-17-10-8-13)19-20-21(12)14-5-3-2-4-6-14/h2-10H,11H2,1H3,(H,17,18,22). The highest BCUT2D eigenvalue weighted by Gasteiger charge is 2.13. The molecule has 0 aliphatic carbocycles. The zero-order chi connectivity index (χ0) is 15.4. The topological polar surface area (TPSA) is 72.7 Å². The molecule has 3 aromatic rings. The fourth-order valence-corrected chi connectivity index (χ4v) is 2.13. The summed E-state index contributed by atoms with van der Waals surface area (Å²) < 4.78 is 1.73. The van der Waals surface area contributed by atoms with Crippen molar-refractivity contribution in [2.45, 2.75) is 13.3 Å². The third-order valence-corrected chi connectivity index (χ3v) is 3.28. The smallest absolute Gasteiger partial charge is 0.230 e. The van der Waals surface area contributed by atoms with Gasteiger partial charge in [0.15, 0.2) is 0 Å². The molecular formula is C16H15N5O. The number of hydrogen-bond acceptors (Lipinski definition) is 4. The fraction of sp³-hybridized carbons (Fsp3) is 0.125. The summed E-state index contributed by atoms with van der Waals surface area (Å²) in [6.45, 7) is 1.90. The van der Waals surface area contributed by atoms with E-state index in [1.54, 1.807) is 29.2 Å². The van der Waals surface area contributed by atoms with Crippen molar-refractivity contribution in [1.82, 2.24) is 20.0 Å². The zero-order valence-corrected chi connectivity index (χ0v) is 12.1. The predicted molar refractivity (Wildman–Crippen MR) is 82.7 cm³/mol. The average Bonchev–Trinajstić information content (AvgIpc) is 2.90. The summed E-state index contributed by atoms with van der Waals surface area (Å²) in [5.41, 5.74) is 3.16. The van der Waals surface area contributed by atoms with Gasteiger partial charge in [-0.2, -0.15) is 0 Å². The van der Waals surface area contributed by atoms with Crippen LogP contribution in [0.3, 0.4) is 0 Å². The van der Waals surface area contributed by atoms with Crippen LogP contribution in [0, 0.1) is 6.92 Å². The highest BCUT2D eigenvalue weighted by Crippen LogP contribution is 2.13. The number of pyridine rings is 1. The molecule has 2 heterocycles. The van der Waals surface area contributed by atoms with Gasteiger partial charge in [0.05, 0.1) is 23.5 Å². The summed E-state index contributed by atoms with van der Waals surface area (Å²) in [5, 5.41) is 11.0. The van der Waals surface area contributed by atoms with Gasteiger partial charge in [0.1, 0.15) is 0 Å². The van der Waals surface area contributed by atoms with Gasteiger partial charge in [-0.1, -0.05) is 23.4 Å². The fourth-order valence-electron chi connectivity index (χ4n) is 2.13. The lowest BCUT2D eigenvalue weighted by Gasteiger charge is -2.05. The third kappa shape index (κ3) is 3.01. The van der Waals surface area contributed by atoms with Gasteiger partial charge in [0.2, 0.25) is 5.91 Å². The Hall–Kier alpha value is -3.02. The van der Waals surface area contributed by atoms with Crippen LogP contribution in [0.4, 0.5) is 5.69 Å². The molecule has 3 rings (SSSR count). The minimum atomic E-state index is -0.130. The number of benzene rings is 1. The molecule has 0 fully saturated rings. The molecule has 0 saturated heterocycles. The lowest BCUT2D eigenvalue weighted by molar-refractivity contribution is -0.115.